The number of ether oxygens (including phenoxy) is 1. The smallest absolute Gasteiger partial charge is 0.325 e. The van der Waals surface area contributed by atoms with Gasteiger partial charge in [0.2, 0.25) is 0 Å². The fraction of sp³-hybridized carbons (Fsp3) is 0.348. The molecular weight excluding hydrogens is 426 g/mol. The lowest BCUT2D eigenvalue weighted by Crippen LogP contribution is -2.19. The molecule has 0 aliphatic heterocycles. The molecule has 1 aromatic carbocycles. The summed E-state index contributed by atoms with van der Waals surface area (Å²) in [5, 5.41) is 21.8. The predicted molar refractivity (Wildman–Crippen MR) is 118 cm³/mol. The number of aromatic nitrogens is 4. The maximum atomic E-state index is 12.3. The molecule has 0 unspecified atom stereocenters. The quantitative estimate of drug-likeness (QED) is 0.317. The molecule has 172 valence electrons. The lowest BCUT2D eigenvalue weighted by Gasteiger charge is -2.17. The molecule has 10 nitrogen and oxygen atoms in total. The van der Waals surface area contributed by atoms with Crippen LogP contribution in [0.1, 0.15) is 45.8 Å². The van der Waals surface area contributed by atoms with Crippen molar-refractivity contribution in [3.05, 3.63) is 64.7 Å². The number of hydrogen-bond acceptors (Lipinski definition) is 8. The van der Waals surface area contributed by atoms with Gasteiger partial charge in [0.1, 0.15) is 24.5 Å². The Hall–Kier alpha value is -3.95. The number of aromatic hydroxyl groups is 1. The number of fused-ring (bicyclic) bond motifs is 1. The Kier molecular flexibility index (Phi) is 6.53. The van der Waals surface area contributed by atoms with Crippen molar-refractivity contribution < 1.29 is 24.3 Å². The number of oxime groups is 1. The summed E-state index contributed by atoms with van der Waals surface area (Å²) in [7, 11) is 1.38. The van der Waals surface area contributed by atoms with E-state index in [2.05, 4.69) is 15.5 Å². The van der Waals surface area contributed by atoms with Gasteiger partial charge in [-0.15, -0.1) is 5.10 Å². The molecule has 2 aromatic heterocycles. The summed E-state index contributed by atoms with van der Waals surface area (Å²) >= 11 is 0. The second kappa shape index (κ2) is 9.68. The van der Waals surface area contributed by atoms with E-state index < -0.39 is 0 Å². The zero-order chi connectivity index (χ0) is 23.4. The van der Waals surface area contributed by atoms with Gasteiger partial charge in [0, 0.05) is 22.5 Å². The number of methoxy groups -OCH3 is 1. The summed E-state index contributed by atoms with van der Waals surface area (Å²) in [6.07, 6.45) is 4.18. The van der Waals surface area contributed by atoms with E-state index in [1.165, 1.54) is 23.9 Å². The summed E-state index contributed by atoms with van der Waals surface area (Å²) in [6, 6.07) is 8.19. The fourth-order valence-electron chi connectivity index (χ4n) is 3.89. The summed E-state index contributed by atoms with van der Waals surface area (Å²) in [4.78, 5) is 29.6. The van der Waals surface area contributed by atoms with Crippen LogP contribution in [0.4, 0.5) is 0 Å². The summed E-state index contributed by atoms with van der Waals surface area (Å²) in [5.41, 5.74) is 4.79. The second-order valence-electron chi connectivity index (χ2n) is 7.85. The number of nitrogens with zero attached hydrogens (tertiary/aromatic N) is 5. The van der Waals surface area contributed by atoms with Gasteiger partial charge in [-0.05, 0) is 44.4 Å². The standard InChI is InChI=1S/C23H25N5O5/c1-15-9-19-20(7-4-8-21(19)28(15)13-23(31)32-2)25-33-14-17-11-27(26-24-17)12-22(30)16-5-3-6-18(29)10-16/h3,5-6,9-11,29H,4,7-8,12-14H2,1-2H3/b25-20+. The first-order valence-electron chi connectivity index (χ1n) is 10.6. The third-order valence-electron chi connectivity index (χ3n) is 5.52. The number of phenols is 1. The third-order valence-corrected chi connectivity index (χ3v) is 5.52. The van der Waals surface area contributed by atoms with Gasteiger partial charge in [-0.1, -0.05) is 22.5 Å². The highest BCUT2D eigenvalue weighted by Gasteiger charge is 2.23. The molecule has 1 aliphatic carbocycles. The first-order valence-corrected chi connectivity index (χ1v) is 10.6. The molecule has 4 rings (SSSR count). The predicted octanol–water partition coefficient (Wildman–Crippen LogP) is 2.41. The zero-order valence-electron chi connectivity index (χ0n) is 18.5. The Labute approximate surface area is 190 Å². The zero-order valence-corrected chi connectivity index (χ0v) is 18.5. The summed E-state index contributed by atoms with van der Waals surface area (Å²) < 4.78 is 8.19. The van der Waals surface area contributed by atoms with Gasteiger partial charge in [0.25, 0.3) is 0 Å². The van der Waals surface area contributed by atoms with E-state index in [0.717, 1.165) is 41.9 Å². The number of esters is 1. The van der Waals surface area contributed by atoms with Crippen LogP contribution >= 0.6 is 0 Å². The molecule has 33 heavy (non-hydrogen) atoms. The van der Waals surface area contributed by atoms with E-state index >= 15 is 0 Å². The largest absolute Gasteiger partial charge is 0.508 e. The molecule has 1 N–H and O–H groups in total. The van der Waals surface area contributed by atoms with E-state index in [1.807, 2.05) is 17.6 Å². The fourth-order valence-corrected chi connectivity index (χ4v) is 3.89. The number of phenolic OH excluding ortho intramolecular Hbond substituents is 1. The van der Waals surface area contributed by atoms with E-state index in [1.54, 1.807) is 18.3 Å². The lowest BCUT2D eigenvalue weighted by atomic mass is 9.96. The maximum Gasteiger partial charge on any atom is 0.325 e. The van der Waals surface area contributed by atoms with Crippen LogP contribution in [0.2, 0.25) is 0 Å². The average Bonchev–Trinajstić information content (AvgIpc) is 3.38. The number of Topliss-reactive ketones (excluding diaryl/α,β-unsaturated/α-hetero) is 1. The van der Waals surface area contributed by atoms with Crippen LogP contribution in [0, 0.1) is 6.92 Å². The van der Waals surface area contributed by atoms with E-state index in [-0.39, 0.29) is 37.2 Å². The Bertz CT molecular complexity index is 1210. The van der Waals surface area contributed by atoms with Gasteiger partial charge in [-0.2, -0.15) is 0 Å². The van der Waals surface area contributed by atoms with Crippen LogP contribution in [0.3, 0.4) is 0 Å². The first-order chi connectivity index (χ1) is 15.9. The van der Waals surface area contributed by atoms with Gasteiger partial charge in [0.05, 0.1) is 19.0 Å². The van der Waals surface area contributed by atoms with Crippen molar-refractivity contribution in [2.45, 2.75) is 45.9 Å². The van der Waals surface area contributed by atoms with Crippen molar-refractivity contribution in [3.63, 3.8) is 0 Å². The molecule has 1 aliphatic rings. The average molecular weight is 451 g/mol. The number of ketones is 1. The number of carbonyl (C=O) groups is 2. The SMILES string of the molecule is COC(=O)Cn1c(C)cc2c1CCC/C2=N\OCc1cn(CC(=O)c2cccc(O)c2)nn1. The van der Waals surface area contributed by atoms with Crippen LogP contribution in [0.25, 0.3) is 0 Å². The van der Waals surface area contributed by atoms with Crippen LogP contribution in [0.15, 0.2) is 41.7 Å². The molecule has 3 aromatic rings. The molecule has 0 radical (unpaired) electrons. The molecule has 0 saturated heterocycles. The van der Waals surface area contributed by atoms with Gasteiger partial charge >= 0.3 is 5.97 Å². The van der Waals surface area contributed by atoms with Crippen LogP contribution < -0.4 is 0 Å². The monoisotopic (exact) mass is 451 g/mol. The van der Waals surface area contributed by atoms with Crippen molar-refractivity contribution in [1.82, 2.24) is 19.6 Å². The van der Waals surface area contributed by atoms with Crippen molar-refractivity contribution in [2.75, 3.05) is 7.11 Å². The van der Waals surface area contributed by atoms with Crippen molar-refractivity contribution in [3.8, 4) is 5.75 Å². The van der Waals surface area contributed by atoms with Crippen LogP contribution in [-0.4, -0.2) is 49.2 Å². The molecule has 0 spiro atoms. The van der Waals surface area contributed by atoms with Gasteiger partial charge in [-0.3, -0.25) is 9.59 Å². The minimum absolute atomic E-state index is 0.00131. The first kappa shape index (κ1) is 22.3. The number of hydrogen-bond donors (Lipinski definition) is 1. The number of rotatable bonds is 8. The molecule has 0 fully saturated rings. The third kappa shape index (κ3) is 5.11. The number of carbonyl (C=O) groups excluding carboxylic acids is 2. The molecular formula is C23H25N5O5. The maximum absolute atomic E-state index is 12.3. The van der Waals surface area contributed by atoms with E-state index in [0.29, 0.717) is 11.3 Å². The summed E-state index contributed by atoms with van der Waals surface area (Å²) in [5.74, 6) is -0.443. The normalized spacial score (nSPS) is 14.2. The van der Waals surface area contributed by atoms with Gasteiger partial charge in [0.15, 0.2) is 12.4 Å². The molecule has 10 heteroatoms. The van der Waals surface area contributed by atoms with Crippen molar-refractivity contribution >= 4 is 17.5 Å². The Morgan fingerprint density at radius 1 is 1.21 bits per heavy atom. The van der Waals surface area contributed by atoms with Gasteiger partial charge in [-0.25, -0.2) is 4.68 Å². The number of aryl methyl sites for hydroxylation is 1. The minimum Gasteiger partial charge on any atom is -0.508 e. The molecule has 0 bridgehead atoms. The molecule has 0 saturated carbocycles. The highest BCUT2D eigenvalue weighted by Crippen LogP contribution is 2.26. The summed E-state index contributed by atoms with van der Waals surface area (Å²) in [6.45, 7) is 2.24. The highest BCUT2D eigenvalue weighted by molar-refractivity contribution is 6.02. The molecule has 2 heterocycles. The van der Waals surface area contributed by atoms with Crippen LogP contribution in [-0.2, 0) is 40.5 Å². The Morgan fingerprint density at radius 3 is 2.85 bits per heavy atom. The van der Waals surface area contributed by atoms with Crippen molar-refractivity contribution in [1.29, 1.82) is 0 Å². The van der Waals surface area contributed by atoms with Crippen LogP contribution in [0.5, 0.6) is 5.75 Å². The Balaban J connectivity index is 1.39. The highest BCUT2D eigenvalue weighted by atomic mass is 16.6. The van der Waals surface area contributed by atoms with E-state index in [4.69, 9.17) is 9.57 Å². The Morgan fingerprint density at radius 2 is 2.06 bits per heavy atom. The molecule has 0 atom stereocenters. The topological polar surface area (TPSA) is 121 Å². The van der Waals surface area contributed by atoms with Gasteiger partial charge < -0.3 is 19.2 Å². The number of benzene rings is 1. The van der Waals surface area contributed by atoms with E-state index in [9.17, 15) is 14.7 Å². The minimum atomic E-state index is -0.289. The molecule has 0 amide bonds. The lowest BCUT2D eigenvalue weighted by molar-refractivity contribution is -0.141. The second-order valence-corrected chi connectivity index (χ2v) is 7.85. The van der Waals surface area contributed by atoms with Crippen molar-refractivity contribution in [2.24, 2.45) is 5.16 Å².